The first-order valence-corrected chi connectivity index (χ1v) is 8.71. The monoisotopic (exact) mass is 354 g/mol. The number of aromatic nitrogens is 1. The van der Waals surface area contributed by atoms with E-state index in [4.69, 9.17) is 4.74 Å². The van der Waals surface area contributed by atoms with Crippen molar-refractivity contribution in [2.75, 3.05) is 0 Å². The van der Waals surface area contributed by atoms with Crippen molar-refractivity contribution in [2.24, 2.45) is 0 Å². The first kappa shape index (κ1) is 16.9. The van der Waals surface area contributed by atoms with E-state index >= 15 is 0 Å². The Morgan fingerprint density at radius 3 is 2.37 bits per heavy atom. The average molecular weight is 354 g/mol. The van der Waals surface area contributed by atoms with E-state index in [1.165, 1.54) is 0 Å². The highest BCUT2D eigenvalue weighted by Gasteiger charge is 2.47. The number of benzene rings is 2. The van der Waals surface area contributed by atoms with Crippen LogP contribution in [0.1, 0.15) is 35.3 Å². The molecule has 0 saturated carbocycles. The highest BCUT2D eigenvalue weighted by molar-refractivity contribution is 5.72. The Morgan fingerprint density at radius 2 is 1.63 bits per heavy atom. The summed E-state index contributed by atoms with van der Waals surface area (Å²) >= 11 is 0. The van der Waals surface area contributed by atoms with Gasteiger partial charge in [0.15, 0.2) is 6.10 Å². The minimum absolute atomic E-state index is 0.438. The molecule has 1 aromatic heterocycles. The highest BCUT2D eigenvalue weighted by atomic mass is 16.6. The zero-order valence-electron chi connectivity index (χ0n) is 14.8. The standard InChI is InChI=1S/C23H18N2O2/c1-23(21(27-22(26)25-23)19-10-6-3-7-11-19)20-14-18(15-24-16-20)13-12-17-8-4-2-5-9-17/h2-11,14-16,21H,1H3,(H,25,26)/t21-,23-/m0/s1. The molecule has 0 aliphatic carbocycles. The summed E-state index contributed by atoms with van der Waals surface area (Å²) in [6.45, 7) is 1.95. The van der Waals surface area contributed by atoms with Gasteiger partial charge in [-0.15, -0.1) is 0 Å². The van der Waals surface area contributed by atoms with E-state index in [-0.39, 0.29) is 0 Å². The first-order chi connectivity index (χ1) is 13.1. The molecule has 1 saturated heterocycles. The zero-order chi connectivity index (χ0) is 18.7. The molecule has 0 bridgehead atoms. The highest BCUT2D eigenvalue weighted by Crippen LogP contribution is 2.41. The van der Waals surface area contributed by atoms with E-state index in [0.29, 0.717) is 0 Å². The Kier molecular flexibility index (Phi) is 4.35. The van der Waals surface area contributed by atoms with Crippen molar-refractivity contribution in [1.82, 2.24) is 10.3 Å². The maximum atomic E-state index is 12.0. The molecule has 3 aromatic rings. The minimum Gasteiger partial charge on any atom is -0.438 e. The summed E-state index contributed by atoms with van der Waals surface area (Å²) in [7, 11) is 0. The molecule has 4 rings (SSSR count). The Hall–Kier alpha value is -3.58. The lowest BCUT2D eigenvalue weighted by Crippen LogP contribution is -2.39. The summed E-state index contributed by atoms with van der Waals surface area (Å²) in [5.74, 6) is 6.28. The van der Waals surface area contributed by atoms with Gasteiger partial charge in [-0.05, 0) is 30.7 Å². The number of rotatable bonds is 2. The third-order valence-corrected chi connectivity index (χ3v) is 4.68. The number of ether oxygens (including phenoxy) is 1. The first-order valence-electron chi connectivity index (χ1n) is 8.71. The Morgan fingerprint density at radius 1 is 0.963 bits per heavy atom. The van der Waals surface area contributed by atoms with E-state index in [1.54, 1.807) is 12.4 Å². The second-order valence-corrected chi connectivity index (χ2v) is 6.60. The number of alkyl carbamates (subject to hydrolysis) is 1. The molecule has 0 unspecified atom stereocenters. The van der Waals surface area contributed by atoms with Crippen LogP contribution in [0.2, 0.25) is 0 Å². The summed E-state index contributed by atoms with van der Waals surface area (Å²) in [5.41, 5.74) is 2.77. The molecular formula is C23H18N2O2. The lowest BCUT2D eigenvalue weighted by atomic mass is 9.84. The molecule has 1 aliphatic rings. The maximum absolute atomic E-state index is 12.0. The third kappa shape index (κ3) is 3.40. The smallest absolute Gasteiger partial charge is 0.408 e. The molecule has 2 heterocycles. The summed E-state index contributed by atoms with van der Waals surface area (Å²) in [5, 5.41) is 2.95. The van der Waals surface area contributed by atoms with Crippen LogP contribution in [0.3, 0.4) is 0 Å². The molecule has 1 fully saturated rings. The normalized spacial score (nSPS) is 20.9. The van der Waals surface area contributed by atoms with Gasteiger partial charge >= 0.3 is 6.09 Å². The SMILES string of the molecule is C[C@@]1(c2cncc(C#Cc3ccccc3)c2)NC(=O)O[C@H]1c1ccccc1. The van der Waals surface area contributed by atoms with Crippen LogP contribution in [0.25, 0.3) is 0 Å². The van der Waals surface area contributed by atoms with E-state index in [1.807, 2.05) is 73.7 Å². The average Bonchev–Trinajstić information content (AvgIpc) is 3.03. The number of hydrogen-bond acceptors (Lipinski definition) is 3. The number of cyclic esters (lactones) is 1. The van der Waals surface area contributed by atoms with Crippen LogP contribution in [-0.4, -0.2) is 11.1 Å². The van der Waals surface area contributed by atoms with Crippen molar-refractivity contribution >= 4 is 6.09 Å². The second-order valence-electron chi connectivity index (χ2n) is 6.60. The van der Waals surface area contributed by atoms with E-state index < -0.39 is 17.7 Å². The van der Waals surface area contributed by atoms with Crippen LogP contribution >= 0.6 is 0 Å². The Bertz CT molecular complexity index is 1020. The molecular weight excluding hydrogens is 336 g/mol. The van der Waals surface area contributed by atoms with Gasteiger partial charge in [-0.3, -0.25) is 4.98 Å². The van der Waals surface area contributed by atoms with Crippen molar-refractivity contribution in [3.8, 4) is 11.8 Å². The van der Waals surface area contributed by atoms with Gasteiger partial charge in [-0.1, -0.05) is 60.4 Å². The van der Waals surface area contributed by atoms with Gasteiger partial charge in [0.2, 0.25) is 0 Å². The van der Waals surface area contributed by atoms with Crippen LogP contribution in [0.15, 0.2) is 79.1 Å². The molecule has 1 aliphatic heterocycles. The van der Waals surface area contributed by atoms with Gasteiger partial charge in [-0.25, -0.2) is 4.79 Å². The van der Waals surface area contributed by atoms with Crippen molar-refractivity contribution in [2.45, 2.75) is 18.6 Å². The van der Waals surface area contributed by atoms with E-state index in [0.717, 1.165) is 22.3 Å². The number of nitrogens with one attached hydrogen (secondary N) is 1. The van der Waals surface area contributed by atoms with Gasteiger partial charge < -0.3 is 10.1 Å². The largest absolute Gasteiger partial charge is 0.438 e. The number of amides is 1. The predicted octanol–water partition coefficient (Wildman–Crippen LogP) is 4.18. The van der Waals surface area contributed by atoms with Crippen molar-refractivity contribution in [3.05, 3.63) is 101 Å². The fourth-order valence-electron chi connectivity index (χ4n) is 3.24. The topological polar surface area (TPSA) is 51.2 Å². The summed E-state index contributed by atoms with van der Waals surface area (Å²) < 4.78 is 5.57. The fraction of sp³-hybridized carbons (Fsp3) is 0.130. The van der Waals surface area contributed by atoms with Crippen molar-refractivity contribution in [3.63, 3.8) is 0 Å². The van der Waals surface area contributed by atoms with Crippen molar-refractivity contribution in [1.29, 1.82) is 0 Å². The van der Waals surface area contributed by atoms with Gasteiger partial charge in [-0.2, -0.15) is 0 Å². The van der Waals surface area contributed by atoms with Crippen LogP contribution in [0.4, 0.5) is 4.79 Å². The molecule has 132 valence electrons. The lowest BCUT2D eigenvalue weighted by molar-refractivity contribution is 0.112. The summed E-state index contributed by atoms with van der Waals surface area (Å²) in [6, 6.07) is 21.4. The Labute approximate surface area is 158 Å². The summed E-state index contributed by atoms with van der Waals surface area (Å²) in [4.78, 5) is 16.4. The molecule has 2 atom stereocenters. The van der Waals surface area contributed by atoms with Crippen LogP contribution in [-0.2, 0) is 10.3 Å². The minimum atomic E-state index is -0.726. The molecule has 2 aromatic carbocycles. The van der Waals surface area contributed by atoms with Crippen LogP contribution < -0.4 is 5.32 Å². The third-order valence-electron chi connectivity index (χ3n) is 4.68. The van der Waals surface area contributed by atoms with Gasteiger partial charge in [0.25, 0.3) is 0 Å². The predicted molar refractivity (Wildman–Crippen MR) is 103 cm³/mol. The Balaban J connectivity index is 1.70. The van der Waals surface area contributed by atoms with E-state index in [9.17, 15) is 4.79 Å². The number of pyridine rings is 1. The molecule has 4 heteroatoms. The summed E-state index contributed by atoms with van der Waals surface area (Å²) in [6.07, 6.45) is 2.59. The maximum Gasteiger partial charge on any atom is 0.408 e. The van der Waals surface area contributed by atoms with E-state index in [2.05, 4.69) is 22.1 Å². The number of carbonyl (C=O) groups is 1. The van der Waals surface area contributed by atoms with Gasteiger partial charge in [0, 0.05) is 29.1 Å². The lowest BCUT2D eigenvalue weighted by Gasteiger charge is -2.29. The number of hydrogen-bond donors (Lipinski definition) is 1. The number of carbonyl (C=O) groups excluding carboxylic acids is 1. The molecule has 0 radical (unpaired) electrons. The van der Waals surface area contributed by atoms with Crippen LogP contribution in [0.5, 0.6) is 0 Å². The molecule has 1 N–H and O–H groups in total. The second kappa shape index (κ2) is 6.97. The van der Waals surface area contributed by atoms with Crippen molar-refractivity contribution < 1.29 is 9.53 Å². The molecule has 1 amide bonds. The zero-order valence-corrected chi connectivity index (χ0v) is 14.8. The van der Waals surface area contributed by atoms with Crippen LogP contribution in [0, 0.1) is 11.8 Å². The van der Waals surface area contributed by atoms with Gasteiger partial charge in [0.1, 0.15) is 5.54 Å². The molecule has 0 spiro atoms. The van der Waals surface area contributed by atoms with Gasteiger partial charge in [0.05, 0.1) is 0 Å². The quantitative estimate of drug-likeness (QED) is 0.703. The molecule has 4 nitrogen and oxygen atoms in total. The fourth-order valence-corrected chi connectivity index (χ4v) is 3.24. The number of nitrogens with zero attached hydrogens (tertiary/aromatic N) is 1. The molecule has 27 heavy (non-hydrogen) atoms.